The molecule has 1 aromatic carbocycles. The Balaban J connectivity index is 1.89. The molecule has 0 saturated carbocycles. The van der Waals surface area contributed by atoms with Crippen molar-refractivity contribution < 1.29 is 13.2 Å². The standard InChI is InChI=1S/C20H33N3O3S/c1-5-6-15-27(25,26)21-17-7-9-18(10-8-17)22-11-13-23(14-12-22)19(24)16-20(2,3)4/h7-10,21H,5-6,11-16H2,1-4H3. The highest BCUT2D eigenvalue weighted by Gasteiger charge is 2.25. The van der Waals surface area contributed by atoms with E-state index in [0.29, 0.717) is 18.5 Å². The highest BCUT2D eigenvalue weighted by molar-refractivity contribution is 7.92. The Morgan fingerprint density at radius 1 is 1.07 bits per heavy atom. The van der Waals surface area contributed by atoms with Crippen molar-refractivity contribution in [2.75, 3.05) is 41.6 Å². The van der Waals surface area contributed by atoms with Gasteiger partial charge in [-0.25, -0.2) is 8.42 Å². The number of amides is 1. The minimum Gasteiger partial charge on any atom is -0.368 e. The Kier molecular flexibility index (Phi) is 7.14. The summed E-state index contributed by atoms with van der Waals surface area (Å²) < 4.78 is 26.6. The maximum atomic E-state index is 12.4. The fourth-order valence-electron chi connectivity index (χ4n) is 3.08. The molecule has 0 spiro atoms. The number of benzene rings is 1. The maximum Gasteiger partial charge on any atom is 0.232 e. The van der Waals surface area contributed by atoms with Crippen molar-refractivity contribution in [3.63, 3.8) is 0 Å². The summed E-state index contributed by atoms with van der Waals surface area (Å²) in [6.45, 7) is 11.2. The first-order valence-corrected chi connectivity index (χ1v) is 11.4. The van der Waals surface area contributed by atoms with Gasteiger partial charge in [-0.3, -0.25) is 9.52 Å². The van der Waals surface area contributed by atoms with Crippen molar-refractivity contribution in [2.24, 2.45) is 5.41 Å². The molecule has 0 aliphatic carbocycles. The van der Waals surface area contributed by atoms with E-state index >= 15 is 0 Å². The molecule has 6 nitrogen and oxygen atoms in total. The maximum absolute atomic E-state index is 12.4. The molecule has 1 heterocycles. The lowest BCUT2D eigenvalue weighted by atomic mass is 9.91. The molecule has 0 atom stereocenters. The highest BCUT2D eigenvalue weighted by atomic mass is 32.2. The molecule has 0 bridgehead atoms. The summed E-state index contributed by atoms with van der Waals surface area (Å²) in [4.78, 5) is 16.5. The van der Waals surface area contributed by atoms with Crippen molar-refractivity contribution in [1.29, 1.82) is 0 Å². The summed E-state index contributed by atoms with van der Waals surface area (Å²) in [5, 5.41) is 0. The van der Waals surface area contributed by atoms with Crippen LogP contribution in [0.15, 0.2) is 24.3 Å². The van der Waals surface area contributed by atoms with Gasteiger partial charge < -0.3 is 9.80 Å². The number of sulfonamides is 1. The van der Waals surface area contributed by atoms with Gasteiger partial charge in [0, 0.05) is 44.0 Å². The highest BCUT2D eigenvalue weighted by Crippen LogP contribution is 2.23. The summed E-state index contributed by atoms with van der Waals surface area (Å²) in [5.41, 5.74) is 1.65. The van der Waals surface area contributed by atoms with E-state index in [-0.39, 0.29) is 17.1 Å². The fourth-order valence-corrected chi connectivity index (χ4v) is 4.35. The van der Waals surface area contributed by atoms with E-state index in [4.69, 9.17) is 0 Å². The van der Waals surface area contributed by atoms with Crippen LogP contribution in [0.5, 0.6) is 0 Å². The topological polar surface area (TPSA) is 69.7 Å². The fraction of sp³-hybridized carbons (Fsp3) is 0.650. The van der Waals surface area contributed by atoms with Crippen LogP contribution in [0.1, 0.15) is 47.0 Å². The molecule has 1 amide bonds. The summed E-state index contributed by atoms with van der Waals surface area (Å²) in [6, 6.07) is 7.47. The van der Waals surface area contributed by atoms with Gasteiger partial charge >= 0.3 is 0 Å². The van der Waals surface area contributed by atoms with Crippen LogP contribution in [0.4, 0.5) is 11.4 Å². The van der Waals surface area contributed by atoms with E-state index in [1.807, 2.05) is 24.0 Å². The lowest BCUT2D eigenvalue weighted by Gasteiger charge is -2.37. The second-order valence-electron chi connectivity index (χ2n) is 8.43. The van der Waals surface area contributed by atoms with Gasteiger partial charge in [0.05, 0.1) is 5.75 Å². The predicted molar refractivity (Wildman–Crippen MR) is 112 cm³/mol. The molecular formula is C20H33N3O3S. The van der Waals surface area contributed by atoms with Crippen molar-refractivity contribution in [2.45, 2.75) is 47.0 Å². The van der Waals surface area contributed by atoms with Crippen LogP contribution in [0.3, 0.4) is 0 Å². The number of carbonyl (C=O) groups excluding carboxylic acids is 1. The lowest BCUT2D eigenvalue weighted by molar-refractivity contribution is -0.133. The molecule has 1 aliphatic heterocycles. The zero-order valence-corrected chi connectivity index (χ0v) is 17.8. The summed E-state index contributed by atoms with van der Waals surface area (Å²) in [5.74, 6) is 0.370. The molecule has 0 radical (unpaired) electrons. The summed E-state index contributed by atoms with van der Waals surface area (Å²) in [6.07, 6.45) is 2.08. The monoisotopic (exact) mass is 395 g/mol. The lowest BCUT2D eigenvalue weighted by Crippen LogP contribution is -2.49. The molecule has 0 aromatic heterocycles. The zero-order chi connectivity index (χ0) is 20.1. The molecule has 1 fully saturated rings. The molecule has 7 heteroatoms. The molecule has 1 N–H and O–H groups in total. The largest absolute Gasteiger partial charge is 0.368 e. The molecular weight excluding hydrogens is 362 g/mol. The SMILES string of the molecule is CCCCS(=O)(=O)Nc1ccc(N2CCN(C(=O)CC(C)(C)C)CC2)cc1. The zero-order valence-electron chi connectivity index (χ0n) is 17.0. The van der Waals surface area contributed by atoms with Crippen LogP contribution >= 0.6 is 0 Å². The molecule has 27 heavy (non-hydrogen) atoms. The molecule has 1 aliphatic rings. The van der Waals surface area contributed by atoms with Gasteiger partial charge in [-0.05, 0) is 36.1 Å². The Morgan fingerprint density at radius 2 is 1.67 bits per heavy atom. The first-order valence-electron chi connectivity index (χ1n) is 9.73. The van der Waals surface area contributed by atoms with Gasteiger partial charge in [0.25, 0.3) is 0 Å². The number of hydrogen-bond donors (Lipinski definition) is 1. The average molecular weight is 396 g/mol. The average Bonchev–Trinajstić information content (AvgIpc) is 2.59. The number of piperazine rings is 1. The summed E-state index contributed by atoms with van der Waals surface area (Å²) in [7, 11) is -3.27. The summed E-state index contributed by atoms with van der Waals surface area (Å²) >= 11 is 0. The Morgan fingerprint density at radius 3 is 2.19 bits per heavy atom. The van der Waals surface area contributed by atoms with Crippen molar-refractivity contribution in [1.82, 2.24) is 4.90 Å². The van der Waals surface area contributed by atoms with Crippen LogP contribution in [-0.2, 0) is 14.8 Å². The van der Waals surface area contributed by atoms with E-state index in [1.54, 1.807) is 12.1 Å². The van der Waals surface area contributed by atoms with Gasteiger partial charge in [-0.15, -0.1) is 0 Å². The van der Waals surface area contributed by atoms with Gasteiger partial charge in [-0.1, -0.05) is 34.1 Å². The van der Waals surface area contributed by atoms with Gasteiger partial charge in [0.1, 0.15) is 0 Å². The van der Waals surface area contributed by atoms with Crippen LogP contribution in [0.2, 0.25) is 0 Å². The van der Waals surface area contributed by atoms with Crippen LogP contribution in [-0.4, -0.2) is 51.2 Å². The second kappa shape index (κ2) is 8.95. The van der Waals surface area contributed by atoms with Gasteiger partial charge in [0.2, 0.25) is 15.9 Å². The first-order chi connectivity index (χ1) is 12.6. The third-order valence-corrected chi connectivity index (χ3v) is 5.96. The van der Waals surface area contributed by atoms with Crippen molar-refractivity contribution in [3.8, 4) is 0 Å². The third-order valence-electron chi connectivity index (χ3n) is 4.59. The number of nitrogens with one attached hydrogen (secondary N) is 1. The minimum absolute atomic E-state index is 0.00845. The number of carbonyl (C=O) groups is 1. The Bertz CT molecular complexity index is 716. The Hall–Kier alpha value is -1.76. The number of hydrogen-bond acceptors (Lipinski definition) is 4. The smallest absolute Gasteiger partial charge is 0.232 e. The number of anilines is 2. The minimum atomic E-state index is -3.27. The predicted octanol–water partition coefficient (Wildman–Crippen LogP) is 3.31. The molecule has 0 unspecified atom stereocenters. The molecule has 1 aromatic rings. The van der Waals surface area contributed by atoms with E-state index < -0.39 is 10.0 Å². The van der Waals surface area contributed by atoms with Crippen LogP contribution in [0, 0.1) is 5.41 Å². The molecule has 1 saturated heterocycles. The Labute approximate surface area is 164 Å². The van der Waals surface area contributed by atoms with Gasteiger partial charge in [0.15, 0.2) is 0 Å². The van der Waals surface area contributed by atoms with Crippen LogP contribution in [0.25, 0.3) is 0 Å². The number of unbranched alkanes of at least 4 members (excludes halogenated alkanes) is 1. The van der Waals surface area contributed by atoms with E-state index in [0.717, 1.165) is 38.3 Å². The number of nitrogens with zero attached hydrogens (tertiary/aromatic N) is 2. The van der Waals surface area contributed by atoms with Crippen LogP contribution < -0.4 is 9.62 Å². The second-order valence-corrected chi connectivity index (χ2v) is 10.3. The van der Waals surface area contributed by atoms with E-state index in [1.165, 1.54) is 0 Å². The van der Waals surface area contributed by atoms with Gasteiger partial charge in [-0.2, -0.15) is 0 Å². The number of rotatable bonds is 7. The third kappa shape index (κ3) is 7.05. The van der Waals surface area contributed by atoms with Crippen molar-refractivity contribution >= 4 is 27.3 Å². The van der Waals surface area contributed by atoms with E-state index in [9.17, 15) is 13.2 Å². The quantitative estimate of drug-likeness (QED) is 0.769. The first kappa shape index (κ1) is 21.5. The normalized spacial score (nSPS) is 15.7. The van der Waals surface area contributed by atoms with Crippen molar-refractivity contribution in [3.05, 3.63) is 24.3 Å². The van der Waals surface area contributed by atoms with E-state index in [2.05, 4.69) is 30.4 Å². The molecule has 2 rings (SSSR count). The molecule has 152 valence electrons.